The third-order valence-electron chi connectivity index (χ3n) is 3.78. The van der Waals surface area contributed by atoms with Crippen molar-refractivity contribution in [1.29, 1.82) is 0 Å². The zero-order valence-corrected chi connectivity index (χ0v) is 13.8. The summed E-state index contributed by atoms with van der Waals surface area (Å²) in [6.45, 7) is 3.10. The number of benzene rings is 2. The van der Waals surface area contributed by atoms with Gasteiger partial charge in [0, 0.05) is 9.86 Å². The smallest absolute Gasteiger partial charge is 0.329 e. The number of carbonyl (C=O) groups is 2. The van der Waals surface area contributed by atoms with Crippen LogP contribution in [0.15, 0.2) is 34.8 Å². The number of nitrogens with one attached hydrogen (secondary N) is 1. The maximum Gasteiger partial charge on any atom is 0.329 e. The minimum Gasteiger partial charge on any atom is -0.506 e. The molecule has 2 aromatic rings. The Balaban J connectivity index is 2.49. The molecule has 6 heteroatoms. The number of fused-ring (bicyclic) bond motifs is 1. The monoisotopic (exact) mass is 365 g/mol. The highest BCUT2D eigenvalue weighted by atomic mass is 79.9. The van der Waals surface area contributed by atoms with Crippen LogP contribution in [0.25, 0.3) is 10.8 Å². The number of phenolic OH excluding ortho intramolecular Hbond substituents is 1. The summed E-state index contributed by atoms with van der Waals surface area (Å²) < 4.78 is 0.652. The van der Waals surface area contributed by atoms with E-state index in [2.05, 4.69) is 21.2 Å². The molecule has 0 bridgehead atoms. The van der Waals surface area contributed by atoms with Crippen molar-refractivity contribution >= 4 is 38.6 Å². The molecule has 0 saturated heterocycles. The van der Waals surface area contributed by atoms with Gasteiger partial charge in [0.25, 0.3) is 5.91 Å². The van der Waals surface area contributed by atoms with E-state index in [1.807, 2.05) is 12.1 Å². The van der Waals surface area contributed by atoms with Crippen molar-refractivity contribution in [3.05, 3.63) is 40.4 Å². The van der Waals surface area contributed by atoms with Gasteiger partial charge in [-0.15, -0.1) is 0 Å². The Morgan fingerprint density at radius 1 is 1.27 bits per heavy atom. The summed E-state index contributed by atoms with van der Waals surface area (Å²) in [6.07, 6.45) is 0.226. The Labute approximate surface area is 136 Å². The first-order valence-electron chi connectivity index (χ1n) is 6.76. The minimum absolute atomic E-state index is 0.0338. The molecular formula is C16H16BrNO4. The molecule has 1 unspecified atom stereocenters. The zero-order chi connectivity index (χ0) is 16.5. The number of phenols is 1. The van der Waals surface area contributed by atoms with Crippen LogP contribution >= 0.6 is 15.9 Å². The van der Waals surface area contributed by atoms with Crippen molar-refractivity contribution in [2.75, 3.05) is 0 Å². The molecule has 0 aliphatic heterocycles. The number of amides is 1. The Bertz CT molecular complexity index is 759. The third kappa shape index (κ3) is 2.78. The van der Waals surface area contributed by atoms with E-state index < -0.39 is 17.4 Å². The Kier molecular flexibility index (Phi) is 4.42. The summed E-state index contributed by atoms with van der Waals surface area (Å²) in [5.74, 6) is -1.92. The summed E-state index contributed by atoms with van der Waals surface area (Å²) in [6, 6.07) is 8.58. The number of hydrogen-bond donors (Lipinski definition) is 3. The molecule has 116 valence electrons. The molecule has 0 aliphatic carbocycles. The van der Waals surface area contributed by atoms with Crippen LogP contribution in [-0.4, -0.2) is 27.6 Å². The topological polar surface area (TPSA) is 86.6 Å². The van der Waals surface area contributed by atoms with Gasteiger partial charge < -0.3 is 15.5 Å². The van der Waals surface area contributed by atoms with Crippen LogP contribution in [0.4, 0.5) is 0 Å². The average molecular weight is 366 g/mol. The number of rotatable bonds is 4. The Morgan fingerprint density at radius 2 is 1.86 bits per heavy atom. The summed E-state index contributed by atoms with van der Waals surface area (Å²) in [5.41, 5.74) is -1.35. The second-order valence-electron chi connectivity index (χ2n) is 5.25. The summed E-state index contributed by atoms with van der Waals surface area (Å²) in [4.78, 5) is 23.7. The molecule has 22 heavy (non-hydrogen) atoms. The molecule has 0 heterocycles. The fourth-order valence-corrected chi connectivity index (χ4v) is 2.67. The molecule has 0 saturated carbocycles. The van der Waals surface area contributed by atoms with Gasteiger partial charge in [-0.2, -0.15) is 0 Å². The summed E-state index contributed by atoms with van der Waals surface area (Å²) in [7, 11) is 0. The van der Waals surface area contributed by atoms with Crippen LogP contribution in [0, 0.1) is 0 Å². The van der Waals surface area contributed by atoms with Crippen LogP contribution in [0.2, 0.25) is 0 Å². The van der Waals surface area contributed by atoms with Gasteiger partial charge in [0.1, 0.15) is 11.3 Å². The maximum absolute atomic E-state index is 12.4. The number of aliphatic carboxylic acids is 1. The number of halogens is 1. The number of aromatic hydroxyl groups is 1. The SMILES string of the molecule is CCC(C)(NC(=O)c1cc(Br)c2ccccc2c1O)C(=O)O. The first kappa shape index (κ1) is 16.3. The lowest BCUT2D eigenvalue weighted by Gasteiger charge is -2.25. The second-order valence-corrected chi connectivity index (χ2v) is 6.10. The van der Waals surface area contributed by atoms with E-state index in [0.29, 0.717) is 9.86 Å². The van der Waals surface area contributed by atoms with Crippen LogP contribution in [0.5, 0.6) is 5.75 Å². The Morgan fingerprint density at radius 3 is 2.41 bits per heavy atom. The van der Waals surface area contributed by atoms with Crippen LogP contribution in [0.3, 0.4) is 0 Å². The number of hydrogen-bond acceptors (Lipinski definition) is 3. The van der Waals surface area contributed by atoms with Crippen molar-refractivity contribution < 1.29 is 19.8 Å². The maximum atomic E-state index is 12.4. The number of carbonyl (C=O) groups excluding carboxylic acids is 1. The van der Waals surface area contributed by atoms with Gasteiger partial charge in [0.05, 0.1) is 5.56 Å². The van der Waals surface area contributed by atoms with Crippen molar-refractivity contribution in [1.82, 2.24) is 5.32 Å². The fourth-order valence-electron chi connectivity index (χ4n) is 2.10. The summed E-state index contributed by atoms with van der Waals surface area (Å²) >= 11 is 3.37. The van der Waals surface area contributed by atoms with Crippen LogP contribution in [0.1, 0.15) is 30.6 Å². The highest BCUT2D eigenvalue weighted by Gasteiger charge is 2.33. The van der Waals surface area contributed by atoms with Gasteiger partial charge in [-0.05, 0) is 24.8 Å². The fraction of sp³-hybridized carbons (Fsp3) is 0.250. The Hall–Kier alpha value is -2.08. The first-order chi connectivity index (χ1) is 10.3. The first-order valence-corrected chi connectivity index (χ1v) is 7.55. The lowest BCUT2D eigenvalue weighted by Crippen LogP contribution is -2.51. The molecule has 0 aromatic heterocycles. The highest BCUT2D eigenvalue weighted by Crippen LogP contribution is 2.34. The van der Waals surface area contributed by atoms with E-state index in [9.17, 15) is 19.8 Å². The van der Waals surface area contributed by atoms with E-state index in [4.69, 9.17) is 0 Å². The number of carboxylic acid groups (broad SMARTS) is 1. The van der Waals surface area contributed by atoms with E-state index in [0.717, 1.165) is 5.39 Å². The van der Waals surface area contributed by atoms with Crippen molar-refractivity contribution in [2.45, 2.75) is 25.8 Å². The lowest BCUT2D eigenvalue weighted by molar-refractivity contribution is -0.143. The molecule has 0 spiro atoms. The number of carboxylic acids is 1. The molecule has 1 amide bonds. The predicted octanol–water partition coefficient (Wildman–Crippen LogP) is 3.29. The van der Waals surface area contributed by atoms with E-state index in [1.165, 1.54) is 13.0 Å². The molecule has 5 nitrogen and oxygen atoms in total. The molecular weight excluding hydrogens is 350 g/mol. The molecule has 0 fully saturated rings. The average Bonchev–Trinajstić information content (AvgIpc) is 2.50. The van der Waals surface area contributed by atoms with Gasteiger partial charge in [0.15, 0.2) is 0 Å². The normalized spacial score (nSPS) is 13.6. The van der Waals surface area contributed by atoms with Crippen molar-refractivity contribution in [3.8, 4) is 5.75 Å². The third-order valence-corrected chi connectivity index (χ3v) is 4.43. The van der Waals surface area contributed by atoms with Gasteiger partial charge in [-0.1, -0.05) is 47.1 Å². The van der Waals surface area contributed by atoms with Gasteiger partial charge in [-0.25, -0.2) is 4.79 Å². The lowest BCUT2D eigenvalue weighted by atomic mass is 9.97. The van der Waals surface area contributed by atoms with Crippen LogP contribution < -0.4 is 5.32 Å². The highest BCUT2D eigenvalue weighted by molar-refractivity contribution is 9.10. The standard InChI is InChI=1S/C16H16BrNO4/c1-3-16(2,15(21)22)18-14(20)11-8-12(17)9-6-4-5-7-10(9)13(11)19/h4-8,19H,3H2,1-2H3,(H,18,20)(H,21,22). The second kappa shape index (κ2) is 5.96. The predicted molar refractivity (Wildman–Crippen MR) is 87.1 cm³/mol. The molecule has 2 rings (SSSR count). The molecule has 2 aromatic carbocycles. The van der Waals surface area contributed by atoms with E-state index in [1.54, 1.807) is 19.1 Å². The molecule has 0 radical (unpaired) electrons. The minimum atomic E-state index is -1.39. The zero-order valence-electron chi connectivity index (χ0n) is 12.2. The quantitative estimate of drug-likeness (QED) is 0.775. The molecule has 0 aliphatic rings. The summed E-state index contributed by atoms with van der Waals surface area (Å²) in [5, 5.41) is 23.3. The van der Waals surface area contributed by atoms with Gasteiger partial charge in [0.2, 0.25) is 0 Å². The molecule has 1 atom stereocenters. The van der Waals surface area contributed by atoms with E-state index >= 15 is 0 Å². The van der Waals surface area contributed by atoms with Crippen LogP contribution in [-0.2, 0) is 4.79 Å². The van der Waals surface area contributed by atoms with Gasteiger partial charge in [-0.3, -0.25) is 4.79 Å². The molecule has 3 N–H and O–H groups in total. The van der Waals surface area contributed by atoms with Crippen molar-refractivity contribution in [2.24, 2.45) is 0 Å². The van der Waals surface area contributed by atoms with Gasteiger partial charge >= 0.3 is 5.97 Å². The van der Waals surface area contributed by atoms with Crippen molar-refractivity contribution in [3.63, 3.8) is 0 Å². The van der Waals surface area contributed by atoms with E-state index in [-0.39, 0.29) is 17.7 Å². The largest absolute Gasteiger partial charge is 0.506 e.